The van der Waals surface area contributed by atoms with Gasteiger partial charge in [-0.3, -0.25) is 0 Å². The predicted molar refractivity (Wildman–Crippen MR) is 65.3 cm³/mol. The number of aromatic nitrogens is 4. The molecule has 0 saturated heterocycles. The zero-order valence-electron chi connectivity index (χ0n) is 8.88. The minimum absolute atomic E-state index is 0.203. The Hall–Kier alpha value is -1.89. The minimum atomic E-state index is 0.203. The average Bonchev–Trinajstić information content (AvgIpc) is 2.82. The van der Waals surface area contributed by atoms with Crippen LogP contribution in [0.15, 0.2) is 27.3 Å². The summed E-state index contributed by atoms with van der Waals surface area (Å²) in [5.74, 6) is 1.66. The Kier molecular flexibility index (Phi) is 2.15. The van der Waals surface area contributed by atoms with Crippen molar-refractivity contribution in [2.75, 3.05) is 5.73 Å². The van der Waals surface area contributed by atoms with Crippen molar-refractivity contribution in [1.29, 1.82) is 0 Å². The summed E-state index contributed by atoms with van der Waals surface area (Å²) in [4.78, 5) is 8.47. The molecule has 0 atom stereocenters. The number of nitrogen functional groups attached to an aromatic ring is 1. The summed E-state index contributed by atoms with van der Waals surface area (Å²) >= 11 is 3.31. The van der Waals surface area contributed by atoms with Crippen LogP contribution in [0.2, 0.25) is 0 Å². The fourth-order valence-corrected chi connectivity index (χ4v) is 1.98. The van der Waals surface area contributed by atoms with Crippen molar-refractivity contribution in [3.05, 3.63) is 28.7 Å². The average molecular weight is 294 g/mol. The van der Waals surface area contributed by atoms with Gasteiger partial charge in [-0.25, -0.2) is 9.50 Å². The highest BCUT2D eigenvalue weighted by Gasteiger charge is 2.14. The summed E-state index contributed by atoms with van der Waals surface area (Å²) < 4.78 is 7.74. The SMILES string of the molecule is Cc1ccc(-c2nc(Br)cn3nc(N)nc23)o1. The molecule has 0 spiro atoms. The predicted octanol–water partition coefficient (Wildman–Crippen LogP) is 2.04. The highest BCUT2D eigenvalue weighted by atomic mass is 79.9. The van der Waals surface area contributed by atoms with Crippen LogP contribution in [0, 0.1) is 6.92 Å². The third-order valence-corrected chi connectivity index (χ3v) is 2.66. The van der Waals surface area contributed by atoms with E-state index < -0.39 is 0 Å². The number of nitrogens with two attached hydrogens (primary N) is 1. The van der Waals surface area contributed by atoms with Crippen LogP contribution in [0.25, 0.3) is 17.1 Å². The van der Waals surface area contributed by atoms with E-state index in [9.17, 15) is 0 Å². The number of nitrogens with zero attached hydrogens (tertiary/aromatic N) is 4. The van der Waals surface area contributed by atoms with Gasteiger partial charge < -0.3 is 10.2 Å². The Morgan fingerprint density at radius 3 is 2.88 bits per heavy atom. The highest BCUT2D eigenvalue weighted by molar-refractivity contribution is 9.10. The van der Waals surface area contributed by atoms with Crippen LogP contribution in [0.3, 0.4) is 0 Å². The van der Waals surface area contributed by atoms with E-state index in [1.165, 1.54) is 0 Å². The minimum Gasteiger partial charge on any atom is -0.460 e. The van der Waals surface area contributed by atoms with Crippen molar-refractivity contribution >= 4 is 27.5 Å². The monoisotopic (exact) mass is 293 g/mol. The van der Waals surface area contributed by atoms with E-state index in [2.05, 4.69) is 31.0 Å². The molecule has 0 unspecified atom stereocenters. The number of hydrogen-bond acceptors (Lipinski definition) is 5. The largest absolute Gasteiger partial charge is 0.460 e. The second-order valence-electron chi connectivity index (χ2n) is 3.56. The Morgan fingerprint density at radius 1 is 1.35 bits per heavy atom. The fourth-order valence-electron chi connectivity index (χ4n) is 1.60. The Labute approximate surface area is 105 Å². The van der Waals surface area contributed by atoms with Crippen LogP contribution in [-0.2, 0) is 0 Å². The first-order chi connectivity index (χ1) is 8.13. The molecule has 0 aromatic carbocycles. The first kappa shape index (κ1) is 10.3. The number of fused-ring (bicyclic) bond motifs is 1. The van der Waals surface area contributed by atoms with Gasteiger partial charge in [0.25, 0.3) is 0 Å². The maximum Gasteiger partial charge on any atom is 0.240 e. The summed E-state index contributed by atoms with van der Waals surface area (Å²) in [5.41, 5.74) is 6.75. The van der Waals surface area contributed by atoms with Crippen molar-refractivity contribution < 1.29 is 4.42 Å². The number of hydrogen-bond donors (Lipinski definition) is 1. The maximum atomic E-state index is 5.58. The molecular formula is C10H8BrN5O. The van der Waals surface area contributed by atoms with E-state index in [4.69, 9.17) is 10.2 Å². The molecule has 86 valence electrons. The Morgan fingerprint density at radius 2 is 2.18 bits per heavy atom. The normalized spacial score (nSPS) is 11.2. The van der Waals surface area contributed by atoms with Crippen LogP contribution in [0.4, 0.5) is 5.95 Å². The zero-order valence-corrected chi connectivity index (χ0v) is 10.5. The lowest BCUT2D eigenvalue weighted by Gasteiger charge is -1.99. The molecule has 0 amide bonds. The molecule has 3 aromatic rings. The smallest absolute Gasteiger partial charge is 0.240 e. The molecule has 2 N–H and O–H groups in total. The van der Waals surface area contributed by atoms with E-state index in [-0.39, 0.29) is 5.95 Å². The molecule has 6 nitrogen and oxygen atoms in total. The van der Waals surface area contributed by atoms with Crippen molar-refractivity contribution in [3.8, 4) is 11.5 Å². The molecule has 7 heteroatoms. The van der Waals surface area contributed by atoms with Gasteiger partial charge in [-0.15, -0.1) is 5.10 Å². The van der Waals surface area contributed by atoms with Gasteiger partial charge in [-0.05, 0) is 35.0 Å². The molecule has 0 aliphatic heterocycles. The van der Waals surface area contributed by atoms with Crippen molar-refractivity contribution in [2.45, 2.75) is 6.92 Å². The molecule has 3 aromatic heterocycles. The van der Waals surface area contributed by atoms with E-state index in [0.29, 0.717) is 21.7 Å². The van der Waals surface area contributed by atoms with Crippen LogP contribution in [0.5, 0.6) is 0 Å². The molecule has 0 fully saturated rings. The topological polar surface area (TPSA) is 82.2 Å². The lowest BCUT2D eigenvalue weighted by Crippen LogP contribution is -1.94. The molecular weight excluding hydrogens is 286 g/mol. The third kappa shape index (κ3) is 1.68. The molecule has 3 heterocycles. The van der Waals surface area contributed by atoms with Crippen molar-refractivity contribution in [1.82, 2.24) is 19.6 Å². The summed E-state index contributed by atoms with van der Waals surface area (Å²) in [6, 6.07) is 3.71. The van der Waals surface area contributed by atoms with Gasteiger partial charge in [0.1, 0.15) is 10.4 Å². The van der Waals surface area contributed by atoms with E-state index in [0.717, 1.165) is 5.76 Å². The Bertz CT molecular complexity index is 702. The number of anilines is 1. The van der Waals surface area contributed by atoms with E-state index in [1.807, 2.05) is 19.1 Å². The van der Waals surface area contributed by atoms with Crippen molar-refractivity contribution in [3.63, 3.8) is 0 Å². The summed E-state index contributed by atoms with van der Waals surface area (Å²) in [6.07, 6.45) is 1.69. The summed E-state index contributed by atoms with van der Waals surface area (Å²) in [7, 11) is 0. The Balaban J connectivity index is 2.34. The van der Waals surface area contributed by atoms with Gasteiger partial charge in [0.15, 0.2) is 17.1 Å². The van der Waals surface area contributed by atoms with Gasteiger partial charge in [-0.2, -0.15) is 4.98 Å². The molecule has 0 aliphatic rings. The zero-order chi connectivity index (χ0) is 12.0. The lowest BCUT2D eigenvalue weighted by molar-refractivity contribution is 0.546. The molecule has 0 aliphatic carbocycles. The van der Waals surface area contributed by atoms with E-state index >= 15 is 0 Å². The summed E-state index contributed by atoms with van der Waals surface area (Å²) in [5, 5.41) is 4.04. The summed E-state index contributed by atoms with van der Waals surface area (Å²) in [6.45, 7) is 1.87. The first-order valence-electron chi connectivity index (χ1n) is 4.89. The number of aryl methyl sites for hydroxylation is 1. The lowest BCUT2D eigenvalue weighted by atomic mass is 10.3. The van der Waals surface area contributed by atoms with Gasteiger partial charge in [0.05, 0.1) is 6.20 Å². The third-order valence-electron chi connectivity index (χ3n) is 2.28. The van der Waals surface area contributed by atoms with Gasteiger partial charge >= 0.3 is 0 Å². The second-order valence-corrected chi connectivity index (χ2v) is 4.37. The molecule has 3 rings (SSSR count). The highest BCUT2D eigenvalue weighted by Crippen LogP contribution is 2.25. The molecule has 0 saturated carbocycles. The number of furan rings is 1. The molecule has 17 heavy (non-hydrogen) atoms. The van der Waals surface area contributed by atoms with Crippen LogP contribution in [0.1, 0.15) is 5.76 Å². The standard InChI is InChI=1S/C10H8BrN5O/c1-5-2-3-6(17-5)8-9-14-10(12)15-16(9)4-7(11)13-8/h2-4H,1H3,(H2,12,15). The maximum absolute atomic E-state index is 5.58. The first-order valence-corrected chi connectivity index (χ1v) is 5.68. The second kappa shape index (κ2) is 3.56. The van der Waals surface area contributed by atoms with Gasteiger partial charge in [0, 0.05) is 0 Å². The number of halogens is 1. The quantitative estimate of drug-likeness (QED) is 0.742. The van der Waals surface area contributed by atoms with Crippen molar-refractivity contribution in [2.24, 2.45) is 0 Å². The number of rotatable bonds is 1. The molecule has 0 bridgehead atoms. The molecule has 0 radical (unpaired) electrons. The van der Waals surface area contributed by atoms with E-state index in [1.54, 1.807) is 10.7 Å². The fraction of sp³-hybridized carbons (Fsp3) is 0.100. The van der Waals surface area contributed by atoms with Crippen LogP contribution < -0.4 is 5.73 Å². The van der Waals surface area contributed by atoms with Crippen LogP contribution >= 0.6 is 15.9 Å². The van der Waals surface area contributed by atoms with Gasteiger partial charge in [-0.1, -0.05) is 0 Å². The van der Waals surface area contributed by atoms with Crippen LogP contribution in [-0.4, -0.2) is 19.6 Å². The van der Waals surface area contributed by atoms with Gasteiger partial charge in [0.2, 0.25) is 5.95 Å².